The quantitative estimate of drug-likeness (QED) is 0.576. The molecule has 1 aromatic rings. The number of nitrogens with one attached hydrogen (secondary N) is 2. The van der Waals surface area contributed by atoms with Crippen LogP contribution in [-0.4, -0.2) is 31.1 Å². The lowest BCUT2D eigenvalue weighted by atomic mass is 9.86. The van der Waals surface area contributed by atoms with Crippen molar-refractivity contribution in [2.45, 2.75) is 50.6 Å². The molecule has 0 saturated carbocycles. The molecule has 11 heteroatoms. The van der Waals surface area contributed by atoms with E-state index in [1.165, 1.54) is 7.05 Å². The maximum atomic E-state index is 14.9. The number of hydrogen-bond donors (Lipinski definition) is 2. The number of carbonyl (C=O) groups excluding carboxylic acids is 2. The van der Waals surface area contributed by atoms with Gasteiger partial charge >= 0.3 is 30.0 Å². The third-order valence-electron chi connectivity index (χ3n) is 4.39. The van der Waals surface area contributed by atoms with Gasteiger partial charge in [-0.25, -0.2) is 4.79 Å². The predicted molar refractivity (Wildman–Crippen MR) is 86.7 cm³/mol. The zero-order valence-electron chi connectivity index (χ0n) is 15.0. The van der Waals surface area contributed by atoms with Crippen molar-refractivity contribution in [3.8, 4) is 0 Å². The summed E-state index contributed by atoms with van der Waals surface area (Å²) in [6.07, 6.45) is -4.28. The fraction of sp³-hybridized carbons (Fsp3) is 0.529. The van der Waals surface area contributed by atoms with E-state index in [-0.39, 0.29) is 12.0 Å². The number of aryl methyl sites for hydroxylation is 1. The highest BCUT2D eigenvalue weighted by molar-refractivity contribution is 5.91. The van der Waals surface area contributed by atoms with Crippen LogP contribution in [0.25, 0.3) is 0 Å². The molecule has 1 aliphatic carbocycles. The highest BCUT2D eigenvalue weighted by Crippen LogP contribution is 2.54. The van der Waals surface area contributed by atoms with Crippen LogP contribution in [0, 0.1) is 0 Å². The topological polar surface area (TPSA) is 67.4 Å². The van der Waals surface area contributed by atoms with E-state index in [1.54, 1.807) is 0 Å². The summed E-state index contributed by atoms with van der Waals surface area (Å²) in [6, 6.07) is 0.802. The van der Waals surface area contributed by atoms with Gasteiger partial charge in [0.1, 0.15) is 0 Å². The smallest absolute Gasteiger partial charge is 0.415 e. The Morgan fingerprint density at radius 1 is 1.04 bits per heavy atom. The number of benzene rings is 1. The number of halogens is 6. The SMILES string of the molecule is CNC(=O)Nc1c(C(F)(F)C(F)(OC(C)=O)C(F)(F)F)ccc2c1CCCC2. The molecule has 0 aliphatic heterocycles. The van der Waals surface area contributed by atoms with Gasteiger partial charge in [0.2, 0.25) is 0 Å². The molecule has 28 heavy (non-hydrogen) atoms. The normalized spacial score (nSPS) is 16.6. The van der Waals surface area contributed by atoms with E-state index < -0.39 is 41.2 Å². The van der Waals surface area contributed by atoms with Gasteiger partial charge in [-0.3, -0.25) is 4.79 Å². The summed E-state index contributed by atoms with van der Waals surface area (Å²) in [5, 5.41) is 4.17. The van der Waals surface area contributed by atoms with Gasteiger partial charge in [0, 0.05) is 14.0 Å². The Morgan fingerprint density at radius 3 is 2.18 bits per heavy atom. The molecule has 1 unspecified atom stereocenters. The zero-order valence-corrected chi connectivity index (χ0v) is 15.0. The Balaban J connectivity index is 2.72. The summed E-state index contributed by atoms with van der Waals surface area (Å²) in [4.78, 5) is 22.7. The molecule has 0 spiro atoms. The van der Waals surface area contributed by atoms with Crippen molar-refractivity contribution >= 4 is 17.7 Å². The molecule has 1 aromatic carbocycles. The molecule has 0 aromatic heterocycles. The second-order valence-corrected chi connectivity index (χ2v) is 6.30. The molecule has 0 bridgehead atoms. The van der Waals surface area contributed by atoms with Gasteiger partial charge in [-0.15, -0.1) is 0 Å². The van der Waals surface area contributed by atoms with Crippen molar-refractivity contribution < 1.29 is 40.7 Å². The third kappa shape index (κ3) is 3.74. The Hall–Kier alpha value is -2.46. The van der Waals surface area contributed by atoms with Gasteiger partial charge < -0.3 is 15.4 Å². The fourth-order valence-corrected chi connectivity index (χ4v) is 3.08. The van der Waals surface area contributed by atoms with Crippen molar-refractivity contribution in [3.05, 3.63) is 28.8 Å². The fourth-order valence-electron chi connectivity index (χ4n) is 3.08. The number of anilines is 1. The molecule has 2 amide bonds. The van der Waals surface area contributed by atoms with Crippen LogP contribution in [0.15, 0.2) is 12.1 Å². The van der Waals surface area contributed by atoms with Gasteiger partial charge in [-0.1, -0.05) is 12.1 Å². The van der Waals surface area contributed by atoms with Crippen molar-refractivity contribution in [1.82, 2.24) is 5.32 Å². The molecular formula is C17H18F6N2O3. The third-order valence-corrected chi connectivity index (χ3v) is 4.39. The highest BCUT2D eigenvalue weighted by atomic mass is 19.4. The molecular weight excluding hydrogens is 394 g/mol. The number of rotatable bonds is 4. The molecule has 156 valence electrons. The Bertz CT molecular complexity index is 781. The molecule has 0 saturated heterocycles. The van der Waals surface area contributed by atoms with Crippen LogP contribution in [0.5, 0.6) is 0 Å². The lowest BCUT2D eigenvalue weighted by molar-refractivity contribution is -0.390. The number of amides is 2. The monoisotopic (exact) mass is 412 g/mol. The van der Waals surface area contributed by atoms with Gasteiger partial charge in [0.15, 0.2) is 0 Å². The van der Waals surface area contributed by atoms with Crippen molar-refractivity contribution in [3.63, 3.8) is 0 Å². The summed E-state index contributed by atoms with van der Waals surface area (Å²) in [6.45, 7) is 0.382. The van der Waals surface area contributed by atoms with E-state index >= 15 is 0 Å². The first-order valence-corrected chi connectivity index (χ1v) is 8.32. The average molecular weight is 412 g/mol. The Kier molecular flexibility index (Phi) is 5.86. The van der Waals surface area contributed by atoms with Crippen LogP contribution < -0.4 is 10.6 Å². The van der Waals surface area contributed by atoms with Gasteiger partial charge in [0.25, 0.3) is 0 Å². The summed E-state index contributed by atoms with van der Waals surface area (Å²) >= 11 is 0. The zero-order chi connectivity index (χ0) is 21.3. The molecule has 1 atom stereocenters. The molecule has 1 aliphatic rings. The average Bonchev–Trinajstić information content (AvgIpc) is 2.59. The highest BCUT2D eigenvalue weighted by Gasteiger charge is 2.75. The summed E-state index contributed by atoms with van der Waals surface area (Å²) in [5.74, 6) is -12.8. The Morgan fingerprint density at radius 2 is 1.64 bits per heavy atom. The number of urea groups is 1. The first-order chi connectivity index (χ1) is 12.8. The van der Waals surface area contributed by atoms with Crippen LogP contribution in [0.2, 0.25) is 0 Å². The minimum Gasteiger partial charge on any atom is -0.415 e. The lowest BCUT2D eigenvalue weighted by Crippen LogP contribution is -2.56. The number of fused-ring (bicyclic) bond motifs is 1. The minimum atomic E-state index is -6.23. The predicted octanol–water partition coefficient (Wildman–Crippen LogP) is 4.20. The summed E-state index contributed by atoms with van der Waals surface area (Å²) in [7, 11) is 1.18. The number of alkyl halides is 6. The van der Waals surface area contributed by atoms with Crippen LogP contribution in [-0.2, 0) is 28.3 Å². The summed E-state index contributed by atoms with van der Waals surface area (Å²) in [5.41, 5.74) is -1.31. The first kappa shape index (κ1) is 21.8. The van der Waals surface area contributed by atoms with E-state index in [0.717, 1.165) is 12.5 Å². The maximum Gasteiger partial charge on any atom is 0.467 e. The number of hydrogen-bond acceptors (Lipinski definition) is 3. The first-order valence-electron chi connectivity index (χ1n) is 8.32. The Labute approximate surface area is 156 Å². The molecule has 0 fully saturated rings. The lowest BCUT2D eigenvalue weighted by Gasteiger charge is -2.35. The second kappa shape index (κ2) is 7.51. The van der Waals surface area contributed by atoms with Crippen LogP contribution in [0.3, 0.4) is 0 Å². The molecule has 0 heterocycles. The minimum absolute atomic E-state index is 0.194. The second-order valence-electron chi connectivity index (χ2n) is 6.30. The maximum absolute atomic E-state index is 14.9. The van der Waals surface area contributed by atoms with Gasteiger partial charge in [0.05, 0.1) is 11.3 Å². The molecule has 0 radical (unpaired) electrons. The van der Waals surface area contributed by atoms with Crippen LogP contribution in [0.1, 0.15) is 36.5 Å². The van der Waals surface area contributed by atoms with E-state index in [2.05, 4.69) is 15.4 Å². The van der Waals surface area contributed by atoms with E-state index in [4.69, 9.17) is 0 Å². The van der Waals surface area contributed by atoms with Crippen molar-refractivity contribution in [2.24, 2.45) is 0 Å². The largest absolute Gasteiger partial charge is 0.467 e. The van der Waals surface area contributed by atoms with E-state index in [9.17, 15) is 35.9 Å². The van der Waals surface area contributed by atoms with Crippen LogP contribution >= 0.6 is 0 Å². The summed E-state index contributed by atoms with van der Waals surface area (Å²) < 4.78 is 87.5. The van der Waals surface area contributed by atoms with Crippen LogP contribution in [0.4, 0.5) is 36.8 Å². The van der Waals surface area contributed by atoms with E-state index in [1.807, 2.05) is 0 Å². The van der Waals surface area contributed by atoms with Gasteiger partial charge in [-0.05, 0) is 36.8 Å². The van der Waals surface area contributed by atoms with Gasteiger partial charge in [-0.2, -0.15) is 26.3 Å². The number of carbonyl (C=O) groups is 2. The molecule has 2 N–H and O–H groups in total. The molecule has 5 nitrogen and oxygen atoms in total. The van der Waals surface area contributed by atoms with E-state index in [0.29, 0.717) is 31.4 Å². The standard InChI is InChI=1S/C17H18F6N2O3/c1-9(26)28-16(20,17(21,22)23)15(18,19)12-8-7-10-5-3-4-6-11(10)13(12)25-14(27)24-2/h7-8H,3-6H2,1-2H3,(H2,24,25,27). The number of ether oxygens (including phenoxy) is 1. The van der Waals surface area contributed by atoms with Crippen molar-refractivity contribution in [1.29, 1.82) is 0 Å². The molecule has 2 rings (SSSR count). The number of esters is 1. The van der Waals surface area contributed by atoms with Crippen molar-refractivity contribution in [2.75, 3.05) is 12.4 Å².